The molecule has 0 aliphatic carbocycles. The molecule has 14 heavy (non-hydrogen) atoms. The van der Waals surface area contributed by atoms with Gasteiger partial charge >= 0.3 is 0 Å². The van der Waals surface area contributed by atoms with Crippen molar-refractivity contribution in [2.75, 3.05) is 12.8 Å². The van der Waals surface area contributed by atoms with E-state index in [0.717, 1.165) is 0 Å². The van der Waals surface area contributed by atoms with Gasteiger partial charge in [0.1, 0.15) is 0 Å². The molecule has 0 saturated carbocycles. The van der Waals surface area contributed by atoms with Crippen molar-refractivity contribution in [3.63, 3.8) is 0 Å². The highest BCUT2D eigenvalue weighted by atomic mass is 32.2. The van der Waals surface area contributed by atoms with E-state index >= 15 is 0 Å². The van der Waals surface area contributed by atoms with Crippen LogP contribution in [0.25, 0.3) is 0 Å². The largest absolute Gasteiger partial charge is 0.393 e. The first kappa shape index (κ1) is 13.5. The summed E-state index contributed by atoms with van der Waals surface area (Å²) in [5.74, 6) is -0.174. The first-order valence-electron chi connectivity index (χ1n) is 4.30. The first-order chi connectivity index (χ1) is 6.43. The van der Waals surface area contributed by atoms with Gasteiger partial charge in [0.25, 0.3) is 0 Å². The second kappa shape index (κ2) is 6.89. The van der Waals surface area contributed by atoms with Gasteiger partial charge in [-0.05, 0) is 6.42 Å². The molecular weight excluding hydrogens is 220 g/mol. The van der Waals surface area contributed by atoms with Crippen molar-refractivity contribution in [2.24, 2.45) is 5.73 Å². The lowest BCUT2D eigenvalue weighted by molar-refractivity contribution is -0.119. The Morgan fingerprint density at radius 1 is 1.64 bits per heavy atom. The zero-order valence-electron chi connectivity index (χ0n) is 8.41. The maximum atomic E-state index is 11.1. The van der Waals surface area contributed by atoms with Crippen LogP contribution in [0.3, 0.4) is 0 Å². The Morgan fingerprint density at radius 3 is 2.64 bits per heavy atom. The number of carbonyl (C=O) groups excluding carboxylic acids is 1. The molecule has 82 valence electrons. The molecule has 0 spiro atoms. The number of thiocarbonyl (C=S) groups is 1. The molecular formula is C8H16N2O2S2. The fourth-order valence-electron chi connectivity index (χ4n) is 0.802. The lowest BCUT2D eigenvalue weighted by Crippen LogP contribution is -2.30. The van der Waals surface area contributed by atoms with E-state index in [-0.39, 0.29) is 22.6 Å². The van der Waals surface area contributed by atoms with Crippen LogP contribution < -0.4 is 11.1 Å². The van der Waals surface area contributed by atoms with Crippen molar-refractivity contribution >= 4 is 33.9 Å². The van der Waals surface area contributed by atoms with Gasteiger partial charge in [-0.2, -0.15) is 0 Å². The van der Waals surface area contributed by atoms with Gasteiger partial charge in [-0.15, -0.1) is 0 Å². The molecule has 0 fully saturated rings. The number of amides is 1. The van der Waals surface area contributed by atoms with E-state index in [9.17, 15) is 9.00 Å². The third-order valence-electron chi connectivity index (χ3n) is 1.77. The second-order valence-corrected chi connectivity index (χ2v) is 5.42. The van der Waals surface area contributed by atoms with Crippen LogP contribution in [-0.4, -0.2) is 33.2 Å². The smallest absolute Gasteiger partial charge is 0.226 e. The van der Waals surface area contributed by atoms with E-state index in [1.807, 2.05) is 6.92 Å². The van der Waals surface area contributed by atoms with Gasteiger partial charge < -0.3 is 11.1 Å². The Morgan fingerprint density at radius 2 is 2.21 bits per heavy atom. The maximum absolute atomic E-state index is 11.1. The van der Waals surface area contributed by atoms with Gasteiger partial charge in [0.05, 0.1) is 11.4 Å². The summed E-state index contributed by atoms with van der Waals surface area (Å²) in [5, 5.41) is 2.76. The standard InChI is InChI=1S/C8H16N2O2S2/c1-6(14(2)12)3-4-10-8(11)5-7(9)13/h6H,3-5H2,1-2H3,(H2,9,13)(H,10,11). The summed E-state index contributed by atoms with van der Waals surface area (Å²) in [7, 11) is -0.838. The van der Waals surface area contributed by atoms with E-state index in [4.69, 9.17) is 5.73 Å². The number of rotatable bonds is 6. The molecule has 3 N–H and O–H groups in total. The summed E-state index contributed by atoms with van der Waals surface area (Å²) in [5.41, 5.74) is 5.20. The fraction of sp³-hybridized carbons (Fsp3) is 0.750. The number of hydrogen-bond donors (Lipinski definition) is 2. The number of nitrogens with two attached hydrogens (primary N) is 1. The second-order valence-electron chi connectivity index (χ2n) is 3.09. The number of nitrogens with one attached hydrogen (secondary N) is 1. The molecule has 0 bridgehead atoms. The highest BCUT2D eigenvalue weighted by molar-refractivity contribution is 7.84. The quantitative estimate of drug-likeness (QED) is 0.634. The van der Waals surface area contributed by atoms with Crippen LogP contribution in [0.4, 0.5) is 0 Å². The third kappa shape index (κ3) is 6.97. The van der Waals surface area contributed by atoms with Crippen molar-refractivity contribution in [1.29, 1.82) is 0 Å². The van der Waals surface area contributed by atoms with Gasteiger partial charge in [0.2, 0.25) is 5.91 Å². The zero-order chi connectivity index (χ0) is 11.1. The Balaban J connectivity index is 3.59. The molecule has 0 aliphatic rings. The third-order valence-corrected chi connectivity index (χ3v) is 3.29. The molecule has 0 rings (SSSR count). The lowest BCUT2D eigenvalue weighted by atomic mass is 10.3. The highest BCUT2D eigenvalue weighted by Crippen LogP contribution is 1.97. The monoisotopic (exact) mass is 236 g/mol. The van der Waals surface area contributed by atoms with Crippen molar-refractivity contribution in [3.8, 4) is 0 Å². The Labute approximate surface area is 92.1 Å². The fourth-order valence-corrected chi connectivity index (χ4v) is 1.38. The molecule has 0 aromatic rings. The zero-order valence-corrected chi connectivity index (χ0v) is 10.0. The molecule has 0 aliphatic heterocycles. The molecule has 0 heterocycles. The SMILES string of the molecule is CC(CCNC(=O)CC(N)=S)S(C)=O. The highest BCUT2D eigenvalue weighted by Gasteiger charge is 2.07. The molecule has 1 amide bonds. The van der Waals surface area contributed by atoms with E-state index in [2.05, 4.69) is 17.5 Å². The Hall–Kier alpha value is -0.490. The average molecular weight is 236 g/mol. The summed E-state index contributed by atoms with van der Waals surface area (Å²) in [4.78, 5) is 11.2. The van der Waals surface area contributed by atoms with Crippen molar-refractivity contribution in [1.82, 2.24) is 5.32 Å². The van der Waals surface area contributed by atoms with Crippen molar-refractivity contribution in [3.05, 3.63) is 0 Å². The van der Waals surface area contributed by atoms with Crippen LogP contribution >= 0.6 is 12.2 Å². The Kier molecular flexibility index (Phi) is 6.65. The number of hydrogen-bond acceptors (Lipinski definition) is 3. The molecule has 0 saturated heterocycles. The van der Waals surface area contributed by atoms with E-state index in [0.29, 0.717) is 13.0 Å². The van der Waals surface area contributed by atoms with Crippen molar-refractivity contribution in [2.45, 2.75) is 25.0 Å². The minimum absolute atomic E-state index is 0.0823. The van der Waals surface area contributed by atoms with Gasteiger partial charge in [0.15, 0.2) is 0 Å². The summed E-state index contributed by atoms with van der Waals surface area (Å²) in [6.45, 7) is 2.40. The normalized spacial score (nSPS) is 14.4. The van der Waals surface area contributed by atoms with Gasteiger partial charge in [-0.25, -0.2) is 0 Å². The topological polar surface area (TPSA) is 72.2 Å². The minimum atomic E-state index is -0.838. The summed E-state index contributed by atoms with van der Waals surface area (Å²) < 4.78 is 11.0. The van der Waals surface area contributed by atoms with Crippen LogP contribution in [-0.2, 0) is 15.6 Å². The van der Waals surface area contributed by atoms with Crippen LogP contribution in [0.1, 0.15) is 19.8 Å². The van der Waals surface area contributed by atoms with Crippen LogP contribution in [0.5, 0.6) is 0 Å². The summed E-state index contributed by atoms with van der Waals surface area (Å²) >= 11 is 4.58. The summed E-state index contributed by atoms with van der Waals surface area (Å²) in [6.07, 6.45) is 2.44. The van der Waals surface area contributed by atoms with E-state index in [1.165, 1.54) is 0 Å². The molecule has 6 heteroatoms. The first-order valence-corrected chi connectivity index (χ1v) is 6.33. The molecule has 0 radical (unpaired) electrons. The van der Waals surface area contributed by atoms with Gasteiger partial charge in [0, 0.05) is 28.9 Å². The molecule has 4 nitrogen and oxygen atoms in total. The van der Waals surface area contributed by atoms with Crippen LogP contribution in [0.2, 0.25) is 0 Å². The van der Waals surface area contributed by atoms with Gasteiger partial charge in [-0.1, -0.05) is 19.1 Å². The predicted octanol–water partition coefficient (Wildman–Crippen LogP) is -0.0641. The molecule has 0 aromatic carbocycles. The van der Waals surface area contributed by atoms with Crippen LogP contribution in [0.15, 0.2) is 0 Å². The maximum Gasteiger partial charge on any atom is 0.226 e. The Bertz CT molecular complexity index is 243. The minimum Gasteiger partial charge on any atom is -0.393 e. The molecule has 0 aromatic heterocycles. The molecule has 2 atom stereocenters. The molecule has 2 unspecified atom stereocenters. The summed E-state index contributed by atoms with van der Waals surface area (Å²) in [6, 6.07) is 0. The lowest BCUT2D eigenvalue weighted by Gasteiger charge is -2.08. The van der Waals surface area contributed by atoms with Crippen LogP contribution in [0, 0.1) is 0 Å². The predicted molar refractivity (Wildman–Crippen MR) is 62.6 cm³/mol. The van der Waals surface area contributed by atoms with E-state index in [1.54, 1.807) is 6.26 Å². The van der Waals surface area contributed by atoms with Crippen molar-refractivity contribution < 1.29 is 9.00 Å². The average Bonchev–Trinajstić information content (AvgIpc) is 2.02. The van der Waals surface area contributed by atoms with Gasteiger partial charge in [-0.3, -0.25) is 9.00 Å². The van der Waals surface area contributed by atoms with E-state index < -0.39 is 10.8 Å². The number of carbonyl (C=O) groups is 1.